The highest BCUT2D eigenvalue weighted by atomic mass is 79.9. The van der Waals surface area contributed by atoms with E-state index in [1.165, 1.54) is 6.33 Å². The number of hydrogen-bond donors (Lipinski definition) is 1. The van der Waals surface area contributed by atoms with Gasteiger partial charge in [-0.15, -0.1) is 0 Å². The lowest BCUT2D eigenvalue weighted by molar-refractivity contribution is 0.408. The van der Waals surface area contributed by atoms with Crippen LogP contribution < -0.4 is 10.5 Å². The van der Waals surface area contributed by atoms with Gasteiger partial charge < -0.3 is 10.5 Å². The van der Waals surface area contributed by atoms with Gasteiger partial charge in [0.15, 0.2) is 0 Å². The zero-order valence-corrected chi connectivity index (χ0v) is 11.6. The van der Waals surface area contributed by atoms with E-state index in [1.807, 2.05) is 18.2 Å². The molecule has 0 amide bonds. The normalized spacial score (nSPS) is 12.2. The Morgan fingerprint density at radius 2 is 2.06 bits per heavy atom. The molecule has 0 aliphatic heterocycles. The monoisotopic (exact) mass is 307 g/mol. The Kier molecular flexibility index (Phi) is 4.28. The third kappa shape index (κ3) is 3.05. The van der Waals surface area contributed by atoms with Gasteiger partial charge in [0.25, 0.3) is 0 Å². The molecule has 2 N–H and O–H groups in total. The van der Waals surface area contributed by atoms with Crippen molar-refractivity contribution in [3.05, 3.63) is 52.5 Å². The van der Waals surface area contributed by atoms with Gasteiger partial charge in [0.2, 0.25) is 0 Å². The van der Waals surface area contributed by atoms with Crippen LogP contribution in [0.2, 0.25) is 0 Å². The molecule has 1 atom stereocenters. The molecule has 94 valence electrons. The van der Waals surface area contributed by atoms with Crippen molar-refractivity contribution < 1.29 is 4.74 Å². The Morgan fingerprint density at radius 1 is 1.33 bits per heavy atom. The average molecular weight is 308 g/mol. The van der Waals surface area contributed by atoms with E-state index >= 15 is 0 Å². The molecular weight excluding hydrogens is 294 g/mol. The van der Waals surface area contributed by atoms with E-state index in [0.29, 0.717) is 6.42 Å². The van der Waals surface area contributed by atoms with Crippen molar-refractivity contribution in [1.82, 2.24) is 9.97 Å². The summed E-state index contributed by atoms with van der Waals surface area (Å²) >= 11 is 3.45. The molecule has 2 aromatic rings. The summed E-state index contributed by atoms with van der Waals surface area (Å²) in [7, 11) is 1.66. The van der Waals surface area contributed by atoms with Crippen LogP contribution in [0.15, 0.2) is 41.4 Å². The van der Waals surface area contributed by atoms with Gasteiger partial charge in [0.05, 0.1) is 7.11 Å². The highest BCUT2D eigenvalue weighted by Gasteiger charge is 2.11. The van der Waals surface area contributed by atoms with E-state index < -0.39 is 0 Å². The molecule has 0 bridgehead atoms. The number of aromatic nitrogens is 2. The zero-order valence-electron chi connectivity index (χ0n) is 10.0. The fraction of sp³-hybridized carbons (Fsp3) is 0.231. The third-order valence-corrected chi connectivity index (χ3v) is 3.18. The number of nitrogens with two attached hydrogens (primary N) is 1. The molecule has 4 nitrogen and oxygen atoms in total. The number of rotatable bonds is 4. The van der Waals surface area contributed by atoms with E-state index in [-0.39, 0.29) is 6.04 Å². The lowest BCUT2D eigenvalue weighted by Gasteiger charge is -2.14. The highest BCUT2D eigenvalue weighted by Crippen LogP contribution is 2.26. The van der Waals surface area contributed by atoms with Crippen LogP contribution in [-0.2, 0) is 6.42 Å². The van der Waals surface area contributed by atoms with E-state index in [4.69, 9.17) is 10.5 Å². The minimum Gasteiger partial charge on any atom is -0.496 e. The first-order chi connectivity index (χ1) is 8.70. The van der Waals surface area contributed by atoms with Crippen LogP contribution in [-0.4, -0.2) is 17.1 Å². The van der Waals surface area contributed by atoms with E-state index in [0.717, 1.165) is 21.3 Å². The minimum atomic E-state index is -0.144. The Hall–Kier alpha value is -1.46. The Bertz CT molecular complexity index is 519. The number of benzene rings is 1. The summed E-state index contributed by atoms with van der Waals surface area (Å²) in [6, 6.07) is 5.74. The molecule has 1 unspecified atom stereocenters. The fourth-order valence-electron chi connectivity index (χ4n) is 1.76. The highest BCUT2D eigenvalue weighted by molar-refractivity contribution is 9.10. The Balaban J connectivity index is 2.21. The maximum atomic E-state index is 6.15. The van der Waals surface area contributed by atoms with Crippen LogP contribution in [0.25, 0.3) is 0 Å². The van der Waals surface area contributed by atoms with Gasteiger partial charge in [-0.05, 0) is 30.2 Å². The summed E-state index contributed by atoms with van der Waals surface area (Å²) in [5, 5.41) is 0. The van der Waals surface area contributed by atoms with Crippen LogP contribution in [0, 0.1) is 0 Å². The number of hydrogen-bond acceptors (Lipinski definition) is 4. The molecule has 0 aliphatic rings. The molecular formula is C13H14BrN3O. The second-order valence-electron chi connectivity index (χ2n) is 3.94. The molecule has 2 rings (SSSR count). The van der Waals surface area contributed by atoms with Crippen molar-refractivity contribution in [3.8, 4) is 5.75 Å². The van der Waals surface area contributed by atoms with Gasteiger partial charge in [0.1, 0.15) is 12.1 Å². The topological polar surface area (TPSA) is 61.0 Å². The molecule has 0 radical (unpaired) electrons. The smallest absolute Gasteiger partial charge is 0.122 e. The van der Waals surface area contributed by atoms with Crippen molar-refractivity contribution in [2.75, 3.05) is 7.11 Å². The second-order valence-corrected chi connectivity index (χ2v) is 4.85. The number of nitrogens with zero attached hydrogens (tertiary/aromatic N) is 2. The largest absolute Gasteiger partial charge is 0.496 e. The fourth-order valence-corrected chi connectivity index (χ4v) is 2.17. The van der Waals surface area contributed by atoms with Crippen LogP contribution in [0.3, 0.4) is 0 Å². The first-order valence-electron chi connectivity index (χ1n) is 5.53. The van der Waals surface area contributed by atoms with Crippen LogP contribution in [0.5, 0.6) is 5.75 Å². The first-order valence-corrected chi connectivity index (χ1v) is 6.33. The molecule has 0 aliphatic carbocycles. The Morgan fingerprint density at radius 3 is 2.72 bits per heavy atom. The number of ether oxygens (including phenoxy) is 1. The van der Waals surface area contributed by atoms with Crippen molar-refractivity contribution in [2.45, 2.75) is 12.5 Å². The van der Waals surface area contributed by atoms with Gasteiger partial charge in [-0.3, -0.25) is 0 Å². The molecule has 0 fully saturated rings. The van der Waals surface area contributed by atoms with Crippen molar-refractivity contribution in [3.63, 3.8) is 0 Å². The minimum absolute atomic E-state index is 0.144. The average Bonchev–Trinajstić information content (AvgIpc) is 2.40. The molecule has 5 heteroatoms. The van der Waals surface area contributed by atoms with Crippen molar-refractivity contribution in [1.29, 1.82) is 0 Å². The van der Waals surface area contributed by atoms with E-state index in [1.54, 1.807) is 19.5 Å². The van der Waals surface area contributed by atoms with Gasteiger partial charge >= 0.3 is 0 Å². The molecule has 0 saturated carbocycles. The molecule has 1 aromatic heterocycles. The summed E-state index contributed by atoms with van der Waals surface area (Å²) in [5.74, 6) is 0.838. The lowest BCUT2D eigenvalue weighted by Crippen LogP contribution is -2.14. The molecule has 1 heterocycles. The summed E-state index contributed by atoms with van der Waals surface area (Å²) in [6.45, 7) is 0. The van der Waals surface area contributed by atoms with Crippen molar-refractivity contribution >= 4 is 15.9 Å². The van der Waals surface area contributed by atoms with Gasteiger partial charge in [0, 0.05) is 28.5 Å². The summed E-state index contributed by atoms with van der Waals surface area (Å²) < 4.78 is 6.34. The Labute approximate surface area is 114 Å². The van der Waals surface area contributed by atoms with E-state index in [2.05, 4.69) is 25.9 Å². The number of methoxy groups -OCH3 is 1. The molecule has 1 aromatic carbocycles. The van der Waals surface area contributed by atoms with E-state index in [9.17, 15) is 0 Å². The zero-order chi connectivity index (χ0) is 13.0. The van der Waals surface area contributed by atoms with Crippen LogP contribution >= 0.6 is 15.9 Å². The summed E-state index contributed by atoms with van der Waals surface area (Å²) in [4.78, 5) is 7.95. The van der Waals surface area contributed by atoms with Gasteiger partial charge in [-0.25, -0.2) is 9.97 Å². The predicted molar refractivity (Wildman–Crippen MR) is 73.4 cm³/mol. The quantitative estimate of drug-likeness (QED) is 0.942. The summed E-state index contributed by atoms with van der Waals surface area (Å²) in [6.07, 6.45) is 5.65. The number of halogens is 1. The van der Waals surface area contributed by atoms with Crippen LogP contribution in [0.4, 0.5) is 0 Å². The van der Waals surface area contributed by atoms with Gasteiger partial charge in [-0.1, -0.05) is 15.9 Å². The SMILES string of the molecule is COc1ccc(Br)cc1CC(N)c1cncnc1. The molecule has 18 heavy (non-hydrogen) atoms. The standard InChI is InChI=1S/C13H14BrN3O/c1-18-13-3-2-11(14)4-9(13)5-12(15)10-6-16-8-17-7-10/h2-4,6-8,12H,5,15H2,1H3. The van der Waals surface area contributed by atoms with Crippen molar-refractivity contribution in [2.24, 2.45) is 5.73 Å². The first kappa shape index (κ1) is 13.0. The lowest BCUT2D eigenvalue weighted by atomic mass is 10.0. The predicted octanol–water partition coefficient (Wildman–Crippen LogP) is 2.49. The maximum absolute atomic E-state index is 6.15. The second kappa shape index (κ2) is 5.93. The summed E-state index contributed by atoms with van der Waals surface area (Å²) in [5.41, 5.74) is 8.12. The molecule has 0 spiro atoms. The van der Waals surface area contributed by atoms with Gasteiger partial charge in [-0.2, -0.15) is 0 Å². The molecule has 0 saturated heterocycles. The van der Waals surface area contributed by atoms with Crippen LogP contribution in [0.1, 0.15) is 17.2 Å². The third-order valence-electron chi connectivity index (χ3n) is 2.69. The maximum Gasteiger partial charge on any atom is 0.122 e.